The lowest BCUT2D eigenvalue weighted by Crippen LogP contribution is -2.00. The maximum Gasteiger partial charge on any atom is 0.332 e. The van der Waals surface area contributed by atoms with E-state index in [0.717, 1.165) is 9.99 Å². The molecule has 5 heteroatoms. The van der Waals surface area contributed by atoms with Gasteiger partial charge in [0.05, 0.1) is 17.5 Å². The summed E-state index contributed by atoms with van der Waals surface area (Å²) < 4.78 is 10.8. The van der Waals surface area contributed by atoms with Crippen LogP contribution in [0.2, 0.25) is 0 Å². The highest BCUT2D eigenvalue weighted by Crippen LogP contribution is 2.28. The second kappa shape index (κ2) is 9.43. The van der Waals surface area contributed by atoms with Crippen molar-refractivity contribution in [2.75, 3.05) is 19.0 Å². The molecule has 0 radical (unpaired) electrons. The summed E-state index contributed by atoms with van der Waals surface area (Å²) in [5, 5.41) is 0. The van der Waals surface area contributed by atoms with Crippen LogP contribution in [0.4, 0.5) is 0 Å². The molecule has 0 bridgehead atoms. The van der Waals surface area contributed by atoms with Crippen molar-refractivity contribution in [3.8, 4) is 0 Å². The normalized spacial score (nSPS) is 11.5. The monoisotopic (exact) mass is 236 g/mol. The average Bonchev–Trinajstić information content (AvgIpc) is 2.15. The maximum atomic E-state index is 11.1. The Hall–Kier alpha value is -0.130. The van der Waals surface area contributed by atoms with Gasteiger partial charge in [0.1, 0.15) is 0 Å². The quantitative estimate of drug-likeness (QED) is 0.386. The van der Waals surface area contributed by atoms with Crippen molar-refractivity contribution < 1.29 is 13.7 Å². The van der Waals surface area contributed by atoms with Crippen LogP contribution < -0.4 is 0 Å². The molecule has 82 valence electrons. The van der Waals surface area contributed by atoms with E-state index < -0.39 is 0 Å². The van der Waals surface area contributed by atoms with E-state index in [9.17, 15) is 4.79 Å². The smallest absolute Gasteiger partial charge is 0.332 e. The predicted molar refractivity (Wildman–Crippen MR) is 62.1 cm³/mol. The van der Waals surface area contributed by atoms with E-state index >= 15 is 0 Å². The van der Waals surface area contributed by atoms with Gasteiger partial charge in [-0.1, -0.05) is 6.92 Å². The van der Waals surface area contributed by atoms with E-state index in [4.69, 9.17) is 8.92 Å². The van der Waals surface area contributed by atoms with Crippen molar-refractivity contribution in [1.29, 1.82) is 0 Å². The molecule has 0 fully saturated rings. The van der Waals surface area contributed by atoms with Crippen molar-refractivity contribution in [2.24, 2.45) is 0 Å². The zero-order valence-electron chi connectivity index (χ0n) is 8.74. The Morgan fingerprint density at radius 1 is 1.29 bits per heavy atom. The molecule has 0 unspecified atom stereocenters. The summed E-state index contributed by atoms with van der Waals surface area (Å²) in [5.74, 6) is 0.598. The summed E-state index contributed by atoms with van der Waals surface area (Å²) in [6, 6.07) is 0. The van der Waals surface area contributed by atoms with Crippen LogP contribution in [-0.4, -0.2) is 24.9 Å². The fraction of sp³-hybridized carbons (Fsp3) is 0.667. The van der Waals surface area contributed by atoms with Crippen molar-refractivity contribution >= 4 is 29.8 Å². The molecular weight excluding hydrogens is 220 g/mol. The van der Waals surface area contributed by atoms with Gasteiger partial charge in [-0.3, -0.25) is 0 Å². The van der Waals surface area contributed by atoms with Crippen LogP contribution in [0.15, 0.2) is 10.3 Å². The molecule has 0 saturated carbocycles. The Balaban J connectivity index is 4.08. The van der Waals surface area contributed by atoms with E-state index in [1.54, 1.807) is 18.7 Å². The number of hydrogen-bond acceptors (Lipinski definition) is 5. The summed E-state index contributed by atoms with van der Waals surface area (Å²) in [6.07, 6.45) is 1.47. The van der Waals surface area contributed by atoms with Gasteiger partial charge in [-0.25, -0.2) is 4.79 Å². The Kier molecular flexibility index (Phi) is 9.34. The topological polar surface area (TPSA) is 35.5 Å². The molecule has 0 aliphatic carbocycles. The molecular formula is C9H16O3S2. The fourth-order valence-electron chi connectivity index (χ4n) is 0.629. The Labute approximate surface area is 93.8 Å². The zero-order chi connectivity index (χ0) is 10.8. The third-order valence-electron chi connectivity index (χ3n) is 1.07. The van der Waals surface area contributed by atoms with Gasteiger partial charge in [0.25, 0.3) is 0 Å². The van der Waals surface area contributed by atoms with Crippen LogP contribution in [0.25, 0.3) is 0 Å². The third-order valence-corrected chi connectivity index (χ3v) is 2.95. The number of rotatable bonds is 7. The third kappa shape index (κ3) is 7.29. The predicted octanol–water partition coefficient (Wildman–Crippen LogP) is 2.83. The molecule has 0 saturated heterocycles. The highest BCUT2D eigenvalue weighted by atomic mass is 32.2. The number of carbonyl (C=O) groups excluding carboxylic acids is 1. The van der Waals surface area contributed by atoms with Crippen molar-refractivity contribution in [2.45, 2.75) is 20.8 Å². The first kappa shape index (κ1) is 13.9. The molecule has 0 atom stereocenters. The molecule has 0 spiro atoms. The molecule has 0 amide bonds. The maximum absolute atomic E-state index is 11.1. The largest absolute Gasteiger partial charge is 0.463 e. The number of esters is 1. The Morgan fingerprint density at radius 3 is 2.50 bits per heavy atom. The SMILES string of the molecule is CCOS/C(=C\C(=O)OCC)SCC. The first-order valence-electron chi connectivity index (χ1n) is 4.55. The second-order valence-corrected chi connectivity index (χ2v) is 4.54. The molecule has 0 N–H and O–H groups in total. The van der Waals surface area contributed by atoms with Gasteiger partial charge in [0.15, 0.2) is 0 Å². The lowest BCUT2D eigenvalue weighted by molar-refractivity contribution is -0.137. The van der Waals surface area contributed by atoms with Gasteiger partial charge in [-0.05, 0) is 19.6 Å². The first-order valence-corrected chi connectivity index (χ1v) is 6.28. The van der Waals surface area contributed by atoms with Crippen molar-refractivity contribution in [1.82, 2.24) is 0 Å². The first-order chi connectivity index (χ1) is 6.74. The standard InChI is InChI=1S/C9H16O3S2/c1-4-11-8(10)7-9(13-6-3)14-12-5-2/h7H,4-6H2,1-3H3/b9-7-. The van der Waals surface area contributed by atoms with Gasteiger partial charge >= 0.3 is 5.97 Å². The minimum atomic E-state index is -0.310. The van der Waals surface area contributed by atoms with Crippen molar-refractivity contribution in [3.05, 3.63) is 10.3 Å². The number of carbonyl (C=O) groups is 1. The summed E-state index contributed by atoms with van der Waals surface area (Å²) in [4.78, 5) is 11.1. The molecule has 0 heterocycles. The highest BCUT2D eigenvalue weighted by Gasteiger charge is 2.03. The summed E-state index contributed by atoms with van der Waals surface area (Å²) in [6.45, 7) is 6.74. The van der Waals surface area contributed by atoms with Gasteiger partial charge < -0.3 is 8.92 Å². The zero-order valence-corrected chi connectivity index (χ0v) is 10.4. The van der Waals surface area contributed by atoms with Crippen LogP contribution in [0, 0.1) is 0 Å². The summed E-state index contributed by atoms with van der Waals surface area (Å²) in [7, 11) is 0. The minimum Gasteiger partial charge on any atom is -0.463 e. The van der Waals surface area contributed by atoms with E-state index in [0.29, 0.717) is 13.2 Å². The lowest BCUT2D eigenvalue weighted by atomic mass is 10.6. The van der Waals surface area contributed by atoms with Gasteiger partial charge in [-0.15, -0.1) is 11.8 Å². The highest BCUT2D eigenvalue weighted by molar-refractivity contribution is 8.20. The Morgan fingerprint density at radius 2 is 2.00 bits per heavy atom. The molecule has 0 aliphatic heterocycles. The van der Waals surface area contributed by atoms with E-state index in [1.165, 1.54) is 18.1 Å². The molecule has 0 aromatic carbocycles. The lowest BCUT2D eigenvalue weighted by Gasteiger charge is -2.03. The van der Waals surface area contributed by atoms with Crippen molar-refractivity contribution in [3.63, 3.8) is 0 Å². The van der Waals surface area contributed by atoms with Crippen LogP contribution in [0.5, 0.6) is 0 Å². The molecule has 0 aromatic rings. The van der Waals surface area contributed by atoms with Crippen LogP contribution in [0.1, 0.15) is 20.8 Å². The minimum absolute atomic E-state index is 0.310. The van der Waals surface area contributed by atoms with E-state index in [-0.39, 0.29) is 5.97 Å². The molecule has 0 aromatic heterocycles. The van der Waals surface area contributed by atoms with Crippen LogP contribution in [0.3, 0.4) is 0 Å². The van der Waals surface area contributed by atoms with Gasteiger partial charge in [-0.2, -0.15) is 0 Å². The molecule has 0 aliphatic rings. The van der Waals surface area contributed by atoms with Gasteiger partial charge in [0, 0.05) is 18.1 Å². The van der Waals surface area contributed by atoms with Crippen LogP contribution in [-0.2, 0) is 13.7 Å². The molecule has 0 rings (SSSR count). The van der Waals surface area contributed by atoms with E-state index in [1.807, 2.05) is 13.8 Å². The fourth-order valence-corrected chi connectivity index (χ4v) is 2.16. The second-order valence-electron chi connectivity index (χ2n) is 2.14. The summed E-state index contributed by atoms with van der Waals surface area (Å²) in [5.41, 5.74) is 0. The van der Waals surface area contributed by atoms with Crippen LogP contribution >= 0.6 is 23.8 Å². The number of thioether (sulfide) groups is 1. The average molecular weight is 236 g/mol. The van der Waals surface area contributed by atoms with E-state index in [2.05, 4.69) is 0 Å². The number of hydrogen-bond donors (Lipinski definition) is 0. The summed E-state index contributed by atoms with van der Waals surface area (Å²) >= 11 is 2.79. The Bertz CT molecular complexity index is 192. The van der Waals surface area contributed by atoms with Gasteiger partial charge in [0.2, 0.25) is 0 Å². The number of ether oxygens (including phenoxy) is 1. The molecule has 3 nitrogen and oxygen atoms in total. The molecule has 14 heavy (non-hydrogen) atoms.